The minimum Gasteiger partial charge on any atom is -0.0928 e. The molecule has 0 aliphatic carbocycles. The zero-order valence-electron chi connectivity index (χ0n) is 4.87. The molecule has 0 N–H and O–H groups in total. The summed E-state index contributed by atoms with van der Waals surface area (Å²) in [7, 11) is 0. The highest BCUT2D eigenvalue weighted by atomic mass is 127. The van der Waals surface area contributed by atoms with Gasteiger partial charge in [-0.25, -0.2) is 0 Å². The summed E-state index contributed by atoms with van der Waals surface area (Å²) >= 11 is 5.76. The largest absolute Gasteiger partial charge is 0.0928 e. The predicted octanol–water partition coefficient (Wildman–Crippen LogP) is 3.19. The molecule has 0 amide bonds. The summed E-state index contributed by atoms with van der Waals surface area (Å²) in [6.07, 6.45) is 6.26. The molecule has 1 radical (unpaired) electrons. The van der Waals surface area contributed by atoms with E-state index in [1.807, 2.05) is 0 Å². The van der Waals surface area contributed by atoms with Gasteiger partial charge in [-0.1, -0.05) is 44.9 Å². The molecule has 0 bridgehead atoms. The van der Waals surface area contributed by atoms with Crippen molar-refractivity contribution in [1.29, 1.82) is 0 Å². The molecule has 0 aliphatic heterocycles. The van der Waals surface area contributed by atoms with Gasteiger partial charge in [-0.2, -0.15) is 0 Å². The molecule has 0 aromatic rings. The maximum atomic E-state index is 3.39. The number of halogens is 2. The average Bonchev–Trinajstić information content (AvgIpc) is 1.81. The summed E-state index contributed by atoms with van der Waals surface area (Å²) in [6.45, 7) is 0. The van der Waals surface area contributed by atoms with Crippen LogP contribution in [-0.4, -0.2) is 9.76 Å². The van der Waals surface area contributed by atoms with E-state index in [0.29, 0.717) is 0 Å². The molecule has 0 aromatic carbocycles. The van der Waals surface area contributed by atoms with Crippen molar-refractivity contribution >= 4 is 38.5 Å². The molecule has 0 fully saturated rings. The van der Waals surface area contributed by atoms with Gasteiger partial charge in [-0.15, -0.1) is 0 Å². The highest BCUT2D eigenvalue weighted by Crippen LogP contribution is 2.02. The molecule has 0 unspecified atom stereocenters. The molecule has 0 aromatic heterocycles. The van der Waals surface area contributed by atoms with Crippen molar-refractivity contribution in [3.63, 3.8) is 0 Å². The molecule has 0 heterocycles. The molecule has 0 saturated heterocycles. The Morgan fingerprint density at radius 3 is 2.62 bits per heavy atom. The third kappa shape index (κ3) is 7.21. The van der Waals surface area contributed by atoms with Gasteiger partial charge in [0.15, 0.2) is 0 Å². The number of rotatable bonds is 5. The Labute approximate surface area is 73.7 Å². The molecule has 0 spiro atoms. The minimum absolute atomic E-state index is 1.15. The first-order valence-corrected chi connectivity index (χ1v) is 5.50. The van der Waals surface area contributed by atoms with E-state index in [-0.39, 0.29) is 0 Å². The van der Waals surface area contributed by atoms with E-state index < -0.39 is 0 Å². The Morgan fingerprint density at radius 1 is 1.38 bits per heavy atom. The van der Waals surface area contributed by atoms with E-state index in [0.717, 1.165) is 5.33 Å². The zero-order valence-corrected chi connectivity index (χ0v) is 8.61. The molecular formula is C6H11BrI. The van der Waals surface area contributed by atoms with Crippen LogP contribution in [0.4, 0.5) is 0 Å². The highest BCUT2D eigenvalue weighted by molar-refractivity contribution is 14.1. The summed E-state index contributed by atoms with van der Waals surface area (Å²) in [5.74, 6) is 0. The Morgan fingerprint density at radius 2 is 2.12 bits per heavy atom. The van der Waals surface area contributed by atoms with E-state index in [9.17, 15) is 0 Å². The van der Waals surface area contributed by atoms with Crippen LogP contribution in [0.3, 0.4) is 0 Å². The van der Waals surface area contributed by atoms with Gasteiger partial charge in [0, 0.05) is 9.76 Å². The van der Waals surface area contributed by atoms with Crippen molar-refractivity contribution < 1.29 is 0 Å². The van der Waals surface area contributed by atoms with Crippen molar-refractivity contribution in [3.8, 4) is 0 Å². The second-order valence-corrected chi connectivity index (χ2v) is 3.30. The van der Waals surface area contributed by atoms with E-state index in [2.05, 4.69) is 44.9 Å². The normalized spacial score (nSPS) is 9.75. The lowest BCUT2D eigenvalue weighted by atomic mass is 10.2. The van der Waals surface area contributed by atoms with Gasteiger partial charge < -0.3 is 0 Å². The third-order valence-electron chi connectivity index (χ3n) is 0.901. The Bertz CT molecular complexity index is 33.5. The van der Waals surface area contributed by atoms with E-state index >= 15 is 0 Å². The zero-order chi connectivity index (χ0) is 6.24. The van der Waals surface area contributed by atoms with E-state index in [1.54, 1.807) is 0 Å². The van der Waals surface area contributed by atoms with Crippen LogP contribution in [-0.2, 0) is 0 Å². The highest BCUT2D eigenvalue weighted by Gasteiger charge is 1.85. The van der Waals surface area contributed by atoms with Crippen LogP contribution >= 0.6 is 38.5 Å². The van der Waals surface area contributed by atoms with Crippen LogP contribution in [0.25, 0.3) is 0 Å². The molecule has 8 heavy (non-hydrogen) atoms. The van der Waals surface area contributed by atoms with Crippen molar-refractivity contribution in [2.75, 3.05) is 9.76 Å². The Hall–Kier alpha value is 1.21. The van der Waals surface area contributed by atoms with Crippen LogP contribution in [0, 0.1) is 6.42 Å². The fraction of sp³-hybridized carbons (Fsp3) is 0.833. The Kier molecular flexibility index (Phi) is 9.45. The van der Waals surface area contributed by atoms with Crippen LogP contribution in [0.15, 0.2) is 0 Å². The predicted molar refractivity (Wildman–Crippen MR) is 50.8 cm³/mol. The summed E-state index contributed by atoms with van der Waals surface area (Å²) in [5, 5.41) is 1.15. The van der Waals surface area contributed by atoms with Gasteiger partial charge in [0.05, 0.1) is 0 Å². The maximum absolute atomic E-state index is 3.39. The number of alkyl halides is 2. The quantitative estimate of drug-likeness (QED) is 0.414. The number of hydrogen-bond donors (Lipinski definition) is 0. The third-order valence-corrected chi connectivity index (χ3v) is 2.08. The first-order valence-electron chi connectivity index (χ1n) is 2.85. The minimum atomic E-state index is 1.15. The SMILES string of the molecule is BrCCCC[CH]CI. The molecule has 0 aliphatic rings. The molecule has 0 rings (SSSR count). The van der Waals surface area contributed by atoms with Gasteiger partial charge in [-0.05, 0) is 19.3 Å². The lowest BCUT2D eigenvalue weighted by Gasteiger charge is -1.92. The molecule has 2 heteroatoms. The van der Waals surface area contributed by atoms with Crippen molar-refractivity contribution in [1.82, 2.24) is 0 Å². The van der Waals surface area contributed by atoms with E-state index in [1.165, 1.54) is 23.7 Å². The number of hydrogen-bond acceptors (Lipinski definition) is 0. The van der Waals surface area contributed by atoms with Crippen molar-refractivity contribution in [3.05, 3.63) is 6.42 Å². The topological polar surface area (TPSA) is 0 Å². The lowest BCUT2D eigenvalue weighted by molar-refractivity contribution is 0.798. The van der Waals surface area contributed by atoms with Crippen LogP contribution in [0.2, 0.25) is 0 Å². The van der Waals surface area contributed by atoms with Crippen molar-refractivity contribution in [2.24, 2.45) is 0 Å². The second-order valence-electron chi connectivity index (χ2n) is 1.63. The number of unbranched alkanes of at least 4 members (excludes halogenated alkanes) is 3. The fourth-order valence-electron chi connectivity index (χ4n) is 0.460. The van der Waals surface area contributed by atoms with Gasteiger partial charge in [-0.3, -0.25) is 0 Å². The lowest BCUT2D eigenvalue weighted by Crippen LogP contribution is -1.79. The molecular weight excluding hydrogens is 279 g/mol. The van der Waals surface area contributed by atoms with Gasteiger partial charge in [0.25, 0.3) is 0 Å². The summed E-state index contributed by atoms with van der Waals surface area (Å²) in [5.41, 5.74) is 0. The fourth-order valence-corrected chi connectivity index (χ4v) is 1.30. The molecule has 49 valence electrons. The maximum Gasteiger partial charge on any atom is 0.00313 e. The smallest absolute Gasteiger partial charge is 0.00313 e. The summed E-state index contributed by atoms with van der Waals surface area (Å²) in [4.78, 5) is 0. The monoisotopic (exact) mass is 289 g/mol. The summed E-state index contributed by atoms with van der Waals surface area (Å²) in [6, 6.07) is 0. The second kappa shape index (κ2) is 8.21. The molecule has 0 saturated carbocycles. The molecule has 0 atom stereocenters. The van der Waals surface area contributed by atoms with Gasteiger partial charge in [0.2, 0.25) is 0 Å². The standard InChI is InChI=1S/C6H11BrI/c7-5-3-1-2-4-6-8/h4H,1-3,5-6H2. The average molecular weight is 290 g/mol. The van der Waals surface area contributed by atoms with Crippen LogP contribution < -0.4 is 0 Å². The first kappa shape index (κ1) is 9.21. The van der Waals surface area contributed by atoms with Gasteiger partial charge >= 0.3 is 0 Å². The first-order chi connectivity index (χ1) is 3.91. The van der Waals surface area contributed by atoms with E-state index in [4.69, 9.17) is 0 Å². The van der Waals surface area contributed by atoms with Gasteiger partial charge in [0.1, 0.15) is 0 Å². The summed E-state index contributed by atoms with van der Waals surface area (Å²) < 4.78 is 1.19. The van der Waals surface area contributed by atoms with Crippen LogP contribution in [0.5, 0.6) is 0 Å². The Balaban J connectivity index is 2.53. The van der Waals surface area contributed by atoms with Crippen LogP contribution in [0.1, 0.15) is 19.3 Å². The molecule has 0 nitrogen and oxygen atoms in total. The van der Waals surface area contributed by atoms with Crippen molar-refractivity contribution in [2.45, 2.75) is 19.3 Å².